The molecule has 3 aromatic heterocycles. The molecule has 0 saturated heterocycles. The second-order valence-electron chi connectivity index (χ2n) is 4.20. The number of hydrogen-bond donors (Lipinski definition) is 1. The van der Waals surface area contributed by atoms with Crippen LogP contribution in [0, 0.1) is 0 Å². The number of rotatable bonds is 3. The summed E-state index contributed by atoms with van der Waals surface area (Å²) < 4.78 is 6.83. The summed E-state index contributed by atoms with van der Waals surface area (Å²) in [7, 11) is 0. The number of aromatic nitrogens is 6. The molecular weight excluding hydrogens is 292 g/mol. The molecule has 0 spiro atoms. The molecule has 21 heavy (non-hydrogen) atoms. The van der Waals surface area contributed by atoms with Gasteiger partial charge in [0.2, 0.25) is 10.6 Å². The van der Waals surface area contributed by atoms with Crippen molar-refractivity contribution in [1.82, 2.24) is 30.0 Å². The number of para-hydroxylation sites is 1. The van der Waals surface area contributed by atoms with E-state index in [4.69, 9.17) is 4.74 Å². The Morgan fingerprint density at radius 3 is 2.95 bits per heavy atom. The van der Waals surface area contributed by atoms with Gasteiger partial charge in [0.1, 0.15) is 12.4 Å². The number of benzene rings is 1. The van der Waals surface area contributed by atoms with Gasteiger partial charge in [-0.1, -0.05) is 29.5 Å². The third kappa shape index (κ3) is 2.03. The third-order valence-electron chi connectivity index (χ3n) is 2.83. The highest BCUT2D eigenvalue weighted by atomic mass is 32.1. The van der Waals surface area contributed by atoms with Gasteiger partial charge in [-0.3, -0.25) is 4.79 Å². The van der Waals surface area contributed by atoms with Gasteiger partial charge in [0, 0.05) is 0 Å². The minimum Gasteiger partial charge on any atom is -0.486 e. The lowest BCUT2D eigenvalue weighted by molar-refractivity contribution is 0.304. The van der Waals surface area contributed by atoms with Gasteiger partial charge in [0.15, 0.2) is 10.5 Å². The molecule has 0 bridgehead atoms. The number of nitrogens with zero attached hydrogens (tertiary/aromatic N) is 5. The van der Waals surface area contributed by atoms with Crippen molar-refractivity contribution in [2.75, 3.05) is 0 Å². The van der Waals surface area contributed by atoms with Crippen molar-refractivity contribution < 1.29 is 4.74 Å². The van der Waals surface area contributed by atoms with Crippen molar-refractivity contribution in [2.24, 2.45) is 0 Å². The average Bonchev–Trinajstić information content (AvgIpc) is 3.13. The first-order valence-electron chi connectivity index (χ1n) is 6.08. The number of hydrogen-bond acceptors (Lipinski definition) is 7. The standard InChI is InChI=1S/C12H8N6O2S/c19-11-9-10(15-17-14-9)13-12-18(11)16-8(21-12)6-20-7-4-2-1-3-5-7/h1-5H,6H2,(H,14,15,17). The van der Waals surface area contributed by atoms with Gasteiger partial charge >= 0.3 is 5.56 Å². The minimum atomic E-state index is -0.342. The van der Waals surface area contributed by atoms with Crippen molar-refractivity contribution in [1.29, 1.82) is 0 Å². The van der Waals surface area contributed by atoms with Gasteiger partial charge in [-0.2, -0.15) is 19.8 Å². The van der Waals surface area contributed by atoms with E-state index in [1.54, 1.807) is 0 Å². The van der Waals surface area contributed by atoms with Crippen LogP contribution < -0.4 is 10.3 Å². The lowest BCUT2D eigenvalue weighted by Gasteiger charge is -2.01. The van der Waals surface area contributed by atoms with Gasteiger partial charge in [0.25, 0.3) is 0 Å². The van der Waals surface area contributed by atoms with Crippen LogP contribution >= 0.6 is 11.3 Å². The highest BCUT2D eigenvalue weighted by Crippen LogP contribution is 2.16. The maximum atomic E-state index is 12.1. The quantitative estimate of drug-likeness (QED) is 0.606. The molecular formula is C12H8N6O2S. The Hall–Kier alpha value is -2.81. The molecule has 8 nitrogen and oxygen atoms in total. The van der Waals surface area contributed by atoms with Crippen LogP contribution in [0.25, 0.3) is 16.1 Å². The smallest absolute Gasteiger partial charge is 0.305 e. The second kappa shape index (κ2) is 4.63. The fourth-order valence-corrected chi connectivity index (χ4v) is 2.68. The summed E-state index contributed by atoms with van der Waals surface area (Å²) in [6.07, 6.45) is 0. The monoisotopic (exact) mass is 300 g/mol. The first-order chi connectivity index (χ1) is 10.3. The maximum absolute atomic E-state index is 12.1. The third-order valence-corrected chi connectivity index (χ3v) is 3.72. The number of aromatic amines is 1. The molecule has 0 atom stereocenters. The molecule has 0 radical (unpaired) electrons. The first kappa shape index (κ1) is 12.0. The molecule has 4 rings (SSSR count). The van der Waals surface area contributed by atoms with Crippen molar-refractivity contribution in [3.05, 3.63) is 45.7 Å². The largest absolute Gasteiger partial charge is 0.486 e. The Balaban J connectivity index is 1.70. The first-order valence-corrected chi connectivity index (χ1v) is 6.90. The normalized spacial score (nSPS) is 11.2. The van der Waals surface area contributed by atoms with E-state index in [0.29, 0.717) is 15.6 Å². The van der Waals surface area contributed by atoms with Crippen LogP contribution in [0.4, 0.5) is 0 Å². The highest BCUT2D eigenvalue weighted by molar-refractivity contribution is 7.16. The Morgan fingerprint density at radius 2 is 2.10 bits per heavy atom. The van der Waals surface area contributed by atoms with E-state index in [0.717, 1.165) is 5.75 Å². The Morgan fingerprint density at radius 1 is 1.24 bits per heavy atom. The minimum absolute atomic E-state index is 0.174. The second-order valence-corrected chi connectivity index (χ2v) is 5.25. The van der Waals surface area contributed by atoms with Crippen LogP contribution in [0.2, 0.25) is 0 Å². The summed E-state index contributed by atoms with van der Waals surface area (Å²) in [5, 5.41) is 14.8. The molecule has 9 heteroatoms. The number of fused-ring (bicyclic) bond motifs is 2. The summed E-state index contributed by atoms with van der Waals surface area (Å²) in [5.41, 5.74) is 0.124. The Kier molecular flexibility index (Phi) is 2.64. The molecule has 0 fully saturated rings. The van der Waals surface area contributed by atoms with Crippen LogP contribution in [0.5, 0.6) is 5.75 Å². The molecule has 1 aromatic carbocycles. The summed E-state index contributed by atoms with van der Waals surface area (Å²) >= 11 is 1.28. The SMILES string of the molecule is O=c1c2n[nH]nc2nc2sc(COc3ccccc3)nn12. The predicted molar refractivity (Wildman–Crippen MR) is 75.4 cm³/mol. The fraction of sp³-hybridized carbons (Fsp3) is 0.0833. The molecule has 0 saturated carbocycles. The van der Waals surface area contributed by atoms with E-state index in [-0.39, 0.29) is 17.7 Å². The van der Waals surface area contributed by atoms with Crippen LogP contribution in [0.3, 0.4) is 0 Å². The molecule has 0 aliphatic heterocycles. The zero-order chi connectivity index (χ0) is 14.2. The molecule has 3 heterocycles. The van der Waals surface area contributed by atoms with E-state index >= 15 is 0 Å². The number of nitrogens with one attached hydrogen (secondary N) is 1. The van der Waals surface area contributed by atoms with Gasteiger partial charge < -0.3 is 4.74 Å². The van der Waals surface area contributed by atoms with Crippen LogP contribution in [-0.2, 0) is 6.61 Å². The lowest BCUT2D eigenvalue weighted by Crippen LogP contribution is -2.15. The van der Waals surface area contributed by atoms with E-state index in [2.05, 4.69) is 25.5 Å². The van der Waals surface area contributed by atoms with Crippen molar-refractivity contribution in [2.45, 2.75) is 6.61 Å². The van der Waals surface area contributed by atoms with E-state index < -0.39 is 0 Å². The molecule has 0 aliphatic rings. The number of H-pyrrole nitrogens is 1. The van der Waals surface area contributed by atoms with Crippen LogP contribution in [0.1, 0.15) is 5.01 Å². The van der Waals surface area contributed by atoms with Crippen molar-refractivity contribution >= 4 is 27.5 Å². The van der Waals surface area contributed by atoms with Crippen LogP contribution in [-0.4, -0.2) is 30.0 Å². The average molecular weight is 300 g/mol. The summed E-state index contributed by atoms with van der Waals surface area (Å²) in [5.74, 6) is 0.744. The van der Waals surface area contributed by atoms with Gasteiger partial charge in [-0.15, -0.1) is 10.2 Å². The molecule has 1 N–H and O–H groups in total. The van der Waals surface area contributed by atoms with E-state index in [1.165, 1.54) is 15.9 Å². The van der Waals surface area contributed by atoms with E-state index in [1.807, 2.05) is 30.3 Å². The molecule has 0 unspecified atom stereocenters. The Bertz CT molecular complexity index is 974. The van der Waals surface area contributed by atoms with Crippen molar-refractivity contribution in [3.63, 3.8) is 0 Å². The lowest BCUT2D eigenvalue weighted by atomic mass is 10.3. The fourth-order valence-electron chi connectivity index (χ4n) is 1.88. The van der Waals surface area contributed by atoms with Gasteiger partial charge in [-0.25, -0.2) is 0 Å². The molecule has 4 aromatic rings. The zero-order valence-corrected chi connectivity index (χ0v) is 11.4. The molecule has 104 valence electrons. The summed E-state index contributed by atoms with van der Waals surface area (Å²) in [4.78, 5) is 16.8. The highest BCUT2D eigenvalue weighted by Gasteiger charge is 2.13. The van der Waals surface area contributed by atoms with Gasteiger partial charge in [-0.05, 0) is 12.1 Å². The van der Waals surface area contributed by atoms with Crippen LogP contribution in [0.15, 0.2) is 35.1 Å². The molecule has 0 aliphatic carbocycles. The summed E-state index contributed by atoms with van der Waals surface area (Å²) in [6, 6.07) is 9.41. The molecule has 0 amide bonds. The van der Waals surface area contributed by atoms with Gasteiger partial charge in [0.05, 0.1) is 0 Å². The summed E-state index contributed by atoms with van der Waals surface area (Å²) in [6.45, 7) is 0.273. The zero-order valence-electron chi connectivity index (χ0n) is 10.6. The number of ether oxygens (including phenoxy) is 1. The maximum Gasteiger partial charge on any atom is 0.305 e. The van der Waals surface area contributed by atoms with E-state index in [9.17, 15) is 4.79 Å². The topological polar surface area (TPSA) is 98.1 Å². The Labute approximate surface area is 121 Å². The van der Waals surface area contributed by atoms with Crippen molar-refractivity contribution in [3.8, 4) is 5.75 Å². The predicted octanol–water partition coefficient (Wildman–Crippen LogP) is 1.00.